The number of anilines is 1. The van der Waals surface area contributed by atoms with Crippen molar-refractivity contribution in [2.75, 3.05) is 11.9 Å². The molecule has 3 rings (SSSR count). The van der Waals surface area contributed by atoms with Gasteiger partial charge < -0.3 is 5.32 Å². The zero-order valence-electron chi connectivity index (χ0n) is 16.1. The van der Waals surface area contributed by atoms with Gasteiger partial charge in [-0.05, 0) is 18.6 Å². The highest BCUT2D eigenvalue weighted by molar-refractivity contribution is 6.36. The van der Waals surface area contributed by atoms with Gasteiger partial charge in [-0.3, -0.25) is 18.5 Å². The highest BCUT2D eigenvalue weighted by Gasteiger charge is 2.20. The Morgan fingerprint density at radius 3 is 2.39 bits per heavy atom. The summed E-state index contributed by atoms with van der Waals surface area (Å²) in [6.45, 7) is 3.11. The van der Waals surface area contributed by atoms with Crippen LogP contribution in [0.2, 0.25) is 10.0 Å². The lowest BCUT2D eigenvalue weighted by Gasteiger charge is -2.13. The lowest BCUT2D eigenvalue weighted by atomic mass is 10.2. The van der Waals surface area contributed by atoms with Crippen LogP contribution < -0.4 is 16.6 Å². The molecule has 0 radical (unpaired) electrons. The van der Waals surface area contributed by atoms with Gasteiger partial charge in [0.2, 0.25) is 5.95 Å². The number of benzene rings is 1. The van der Waals surface area contributed by atoms with Gasteiger partial charge in [-0.25, -0.2) is 4.79 Å². The fraction of sp³-hybridized carbons (Fsp3) is 0.421. The smallest absolute Gasteiger partial charge is 0.332 e. The molecule has 0 fully saturated rings. The number of hydrogen-bond donors (Lipinski definition) is 1. The lowest BCUT2D eigenvalue weighted by Crippen LogP contribution is -2.37. The Hall–Kier alpha value is -2.25. The SMILES string of the molecule is CCCCCNc1nc2c(c(=O)n(C)c(=O)n2C)n1Cc1c(Cl)cccc1Cl. The number of nitrogens with one attached hydrogen (secondary N) is 1. The van der Waals surface area contributed by atoms with Gasteiger partial charge >= 0.3 is 5.69 Å². The number of aromatic nitrogens is 4. The Morgan fingerprint density at radius 1 is 1.07 bits per heavy atom. The van der Waals surface area contributed by atoms with Crippen LogP contribution in [0.15, 0.2) is 27.8 Å². The van der Waals surface area contributed by atoms with Crippen LogP contribution >= 0.6 is 23.2 Å². The normalized spacial score (nSPS) is 11.3. The van der Waals surface area contributed by atoms with Crippen LogP contribution in [0.1, 0.15) is 31.7 Å². The highest BCUT2D eigenvalue weighted by atomic mass is 35.5. The number of nitrogens with zero attached hydrogens (tertiary/aromatic N) is 4. The Labute approximate surface area is 172 Å². The summed E-state index contributed by atoms with van der Waals surface area (Å²) in [5.41, 5.74) is 0.524. The first-order valence-corrected chi connectivity index (χ1v) is 9.95. The van der Waals surface area contributed by atoms with E-state index in [0.717, 1.165) is 23.8 Å². The van der Waals surface area contributed by atoms with E-state index in [1.165, 1.54) is 11.6 Å². The summed E-state index contributed by atoms with van der Waals surface area (Å²) >= 11 is 12.7. The Balaban J connectivity index is 2.19. The number of fused-ring (bicyclic) bond motifs is 1. The third-order valence-electron chi connectivity index (χ3n) is 4.79. The molecule has 0 amide bonds. The first kappa shape index (κ1) is 20.5. The van der Waals surface area contributed by atoms with E-state index in [9.17, 15) is 9.59 Å². The summed E-state index contributed by atoms with van der Waals surface area (Å²) in [5.74, 6) is 0.514. The van der Waals surface area contributed by atoms with Crippen LogP contribution in [0.25, 0.3) is 11.2 Å². The quantitative estimate of drug-likeness (QED) is 0.590. The topological polar surface area (TPSA) is 73.8 Å². The van der Waals surface area contributed by atoms with Crippen LogP contribution in [0.3, 0.4) is 0 Å². The molecular formula is C19H23Cl2N5O2. The van der Waals surface area contributed by atoms with Crippen LogP contribution in [0.4, 0.5) is 5.95 Å². The zero-order chi connectivity index (χ0) is 20.4. The molecule has 2 heterocycles. The summed E-state index contributed by atoms with van der Waals surface area (Å²) in [5, 5.41) is 4.31. The summed E-state index contributed by atoms with van der Waals surface area (Å²) in [4.78, 5) is 29.7. The van der Waals surface area contributed by atoms with E-state index in [2.05, 4.69) is 17.2 Å². The molecule has 0 atom stereocenters. The first-order chi connectivity index (χ1) is 13.4. The molecule has 7 nitrogen and oxygen atoms in total. The number of imidazole rings is 1. The molecule has 3 aromatic rings. The van der Waals surface area contributed by atoms with E-state index < -0.39 is 11.2 Å². The molecular weight excluding hydrogens is 401 g/mol. The largest absolute Gasteiger partial charge is 0.356 e. The van der Waals surface area contributed by atoms with Gasteiger partial charge in [-0.1, -0.05) is 49.0 Å². The first-order valence-electron chi connectivity index (χ1n) is 9.19. The predicted molar refractivity (Wildman–Crippen MR) is 114 cm³/mol. The molecule has 150 valence electrons. The standard InChI is InChI=1S/C19H23Cl2N5O2/c1-4-5-6-10-22-18-23-16-15(17(27)25(3)19(28)24(16)2)26(18)11-12-13(20)8-7-9-14(12)21/h7-9H,4-6,10-11H2,1-3H3,(H,22,23). The van der Waals surface area contributed by atoms with Crippen molar-refractivity contribution in [1.82, 2.24) is 18.7 Å². The van der Waals surface area contributed by atoms with Crippen LogP contribution in [0, 0.1) is 0 Å². The second-order valence-corrected chi connectivity index (χ2v) is 7.55. The molecule has 0 aliphatic carbocycles. The minimum Gasteiger partial charge on any atom is -0.356 e. The molecule has 1 aromatic carbocycles. The number of halogens is 2. The van der Waals surface area contributed by atoms with Crippen molar-refractivity contribution < 1.29 is 0 Å². The van der Waals surface area contributed by atoms with E-state index in [0.29, 0.717) is 39.3 Å². The summed E-state index contributed by atoms with van der Waals surface area (Å²) in [6.07, 6.45) is 3.16. The summed E-state index contributed by atoms with van der Waals surface area (Å²) < 4.78 is 4.20. The van der Waals surface area contributed by atoms with Gasteiger partial charge in [0.1, 0.15) is 0 Å². The summed E-state index contributed by atoms with van der Waals surface area (Å²) in [7, 11) is 3.06. The van der Waals surface area contributed by atoms with E-state index in [-0.39, 0.29) is 6.54 Å². The Bertz CT molecular complexity index is 1110. The molecule has 2 aromatic heterocycles. The number of aryl methyl sites for hydroxylation is 1. The maximum Gasteiger partial charge on any atom is 0.332 e. The molecule has 1 N–H and O–H groups in total. The molecule has 0 unspecified atom stereocenters. The van der Waals surface area contributed by atoms with E-state index in [1.54, 1.807) is 29.8 Å². The fourth-order valence-corrected chi connectivity index (χ4v) is 3.67. The zero-order valence-corrected chi connectivity index (χ0v) is 17.6. The average Bonchev–Trinajstić information content (AvgIpc) is 3.03. The van der Waals surface area contributed by atoms with Gasteiger partial charge in [0.25, 0.3) is 5.56 Å². The number of hydrogen-bond acceptors (Lipinski definition) is 4. The molecule has 0 aliphatic rings. The van der Waals surface area contributed by atoms with Crippen molar-refractivity contribution in [3.8, 4) is 0 Å². The molecule has 0 spiro atoms. The van der Waals surface area contributed by atoms with Crippen molar-refractivity contribution in [2.45, 2.75) is 32.7 Å². The third-order valence-corrected chi connectivity index (χ3v) is 5.50. The van der Waals surface area contributed by atoms with Crippen LogP contribution in [-0.4, -0.2) is 25.2 Å². The van der Waals surface area contributed by atoms with E-state index in [1.807, 2.05) is 0 Å². The predicted octanol–water partition coefficient (Wildman–Crippen LogP) is 3.39. The molecule has 0 bridgehead atoms. The van der Waals surface area contributed by atoms with Crippen LogP contribution in [0.5, 0.6) is 0 Å². The second kappa shape index (κ2) is 8.41. The fourth-order valence-electron chi connectivity index (χ4n) is 3.15. The maximum absolute atomic E-state index is 12.9. The van der Waals surface area contributed by atoms with Gasteiger partial charge in [-0.15, -0.1) is 0 Å². The Kier molecular flexibility index (Phi) is 6.15. The molecule has 0 saturated heterocycles. The molecule has 0 aliphatic heterocycles. The maximum atomic E-state index is 12.9. The van der Waals surface area contributed by atoms with Crippen molar-refractivity contribution in [3.63, 3.8) is 0 Å². The number of unbranched alkanes of at least 4 members (excludes halogenated alkanes) is 2. The van der Waals surface area contributed by atoms with Gasteiger partial charge in [0, 0.05) is 36.2 Å². The second-order valence-electron chi connectivity index (χ2n) is 6.73. The monoisotopic (exact) mass is 423 g/mol. The van der Waals surface area contributed by atoms with Crippen molar-refractivity contribution in [2.24, 2.45) is 14.1 Å². The molecule has 0 saturated carbocycles. The summed E-state index contributed by atoms with van der Waals surface area (Å²) in [6, 6.07) is 5.28. The van der Waals surface area contributed by atoms with Gasteiger partial charge in [0.05, 0.1) is 6.54 Å². The molecule has 9 heteroatoms. The van der Waals surface area contributed by atoms with Gasteiger partial charge in [-0.2, -0.15) is 4.98 Å². The third kappa shape index (κ3) is 3.69. The molecule has 28 heavy (non-hydrogen) atoms. The van der Waals surface area contributed by atoms with Crippen molar-refractivity contribution in [3.05, 3.63) is 54.6 Å². The van der Waals surface area contributed by atoms with Crippen molar-refractivity contribution in [1.29, 1.82) is 0 Å². The van der Waals surface area contributed by atoms with E-state index >= 15 is 0 Å². The van der Waals surface area contributed by atoms with Crippen LogP contribution in [-0.2, 0) is 20.6 Å². The average molecular weight is 424 g/mol. The minimum atomic E-state index is -0.421. The van der Waals surface area contributed by atoms with Crippen molar-refractivity contribution >= 4 is 40.3 Å². The minimum absolute atomic E-state index is 0.262. The van der Waals surface area contributed by atoms with Gasteiger partial charge in [0.15, 0.2) is 11.2 Å². The highest BCUT2D eigenvalue weighted by Crippen LogP contribution is 2.27. The lowest BCUT2D eigenvalue weighted by molar-refractivity contribution is 0.702. The van der Waals surface area contributed by atoms with E-state index in [4.69, 9.17) is 23.2 Å². The Morgan fingerprint density at radius 2 is 1.75 bits per heavy atom. The number of rotatable bonds is 7.